The van der Waals surface area contributed by atoms with Crippen molar-refractivity contribution in [2.45, 2.75) is 32.4 Å². The molecule has 2 rings (SSSR count). The van der Waals surface area contributed by atoms with E-state index in [1.165, 1.54) is 0 Å². The van der Waals surface area contributed by atoms with Gasteiger partial charge < -0.3 is 10.4 Å². The topological polar surface area (TPSA) is 32.3 Å². The van der Waals surface area contributed by atoms with E-state index in [2.05, 4.69) is 31.8 Å². The minimum atomic E-state index is 0.111. The van der Waals surface area contributed by atoms with Crippen LogP contribution in [0.1, 0.15) is 31.9 Å². The van der Waals surface area contributed by atoms with Crippen molar-refractivity contribution < 1.29 is 5.11 Å². The molecule has 0 fully saturated rings. The van der Waals surface area contributed by atoms with Crippen LogP contribution in [0.3, 0.4) is 0 Å². The van der Waals surface area contributed by atoms with E-state index in [9.17, 15) is 5.11 Å². The van der Waals surface area contributed by atoms with Gasteiger partial charge in [-0.05, 0) is 25.7 Å². The molecule has 0 radical (unpaired) electrons. The number of nitrogens with one attached hydrogen (secondary N) is 1. The molecule has 100 valence electrons. The number of phenols is 1. The van der Waals surface area contributed by atoms with Gasteiger partial charge in [0.1, 0.15) is 5.75 Å². The van der Waals surface area contributed by atoms with Crippen LogP contribution in [-0.2, 0) is 0 Å². The lowest BCUT2D eigenvalue weighted by Crippen LogP contribution is -2.28. The van der Waals surface area contributed by atoms with Crippen molar-refractivity contribution in [2.75, 3.05) is 0 Å². The Labute approximate surface area is 114 Å². The molecule has 0 aliphatic heterocycles. The highest BCUT2D eigenvalue weighted by atomic mass is 16.3. The Morgan fingerprint density at radius 1 is 1.21 bits per heavy atom. The van der Waals surface area contributed by atoms with Gasteiger partial charge in [-0.15, -0.1) is 6.58 Å². The molecule has 0 aliphatic carbocycles. The molecule has 0 aromatic heterocycles. The second kappa shape index (κ2) is 5.89. The number of hydrogen-bond acceptors (Lipinski definition) is 2. The lowest BCUT2D eigenvalue weighted by atomic mass is 10.0. The Bertz CT molecular complexity index is 576. The summed E-state index contributed by atoms with van der Waals surface area (Å²) in [7, 11) is 0. The SMILES string of the molecule is C=CCC(C)NC(C)c1ccc2ccccc2c1O. The summed E-state index contributed by atoms with van der Waals surface area (Å²) in [5.41, 5.74) is 0.939. The van der Waals surface area contributed by atoms with Crippen LogP contribution in [0.15, 0.2) is 49.1 Å². The number of phenolic OH excluding ortho intramolecular Hbond substituents is 1. The largest absolute Gasteiger partial charge is 0.507 e. The van der Waals surface area contributed by atoms with E-state index in [4.69, 9.17) is 0 Å². The number of rotatable bonds is 5. The normalized spacial score (nSPS) is 14.2. The molecule has 2 aromatic carbocycles. The van der Waals surface area contributed by atoms with E-state index in [1.807, 2.05) is 36.4 Å². The molecular formula is C17H21NO. The van der Waals surface area contributed by atoms with Crippen molar-refractivity contribution in [3.63, 3.8) is 0 Å². The van der Waals surface area contributed by atoms with Crippen LogP contribution in [0.4, 0.5) is 0 Å². The Kier molecular flexibility index (Phi) is 4.23. The average Bonchev–Trinajstić information content (AvgIpc) is 2.39. The summed E-state index contributed by atoms with van der Waals surface area (Å²) in [6.07, 6.45) is 2.82. The van der Waals surface area contributed by atoms with Crippen molar-refractivity contribution in [3.8, 4) is 5.75 Å². The Morgan fingerprint density at radius 2 is 1.95 bits per heavy atom. The maximum absolute atomic E-state index is 10.4. The number of aromatic hydroxyl groups is 1. The summed E-state index contributed by atoms with van der Waals surface area (Å²) in [6, 6.07) is 12.4. The fourth-order valence-corrected chi connectivity index (χ4v) is 2.46. The smallest absolute Gasteiger partial charge is 0.128 e. The Morgan fingerprint density at radius 3 is 2.68 bits per heavy atom. The van der Waals surface area contributed by atoms with Gasteiger partial charge in [-0.2, -0.15) is 0 Å². The highest BCUT2D eigenvalue weighted by molar-refractivity contribution is 5.89. The van der Waals surface area contributed by atoms with Crippen molar-refractivity contribution in [1.29, 1.82) is 0 Å². The second-order valence-corrected chi connectivity index (χ2v) is 5.04. The molecule has 2 atom stereocenters. The fourth-order valence-electron chi connectivity index (χ4n) is 2.46. The minimum Gasteiger partial charge on any atom is -0.507 e. The van der Waals surface area contributed by atoms with Gasteiger partial charge in [0.2, 0.25) is 0 Å². The molecule has 2 N–H and O–H groups in total. The van der Waals surface area contributed by atoms with Gasteiger partial charge in [-0.3, -0.25) is 0 Å². The van der Waals surface area contributed by atoms with Crippen molar-refractivity contribution >= 4 is 10.8 Å². The predicted octanol–water partition coefficient (Wildman–Crippen LogP) is 4.16. The third-order valence-electron chi connectivity index (χ3n) is 3.45. The molecule has 0 aliphatic rings. The van der Waals surface area contributed by atoms with E-state index in [0.717, 1.165) is 22.8 Å². The molecule has 0 heterocycles. The van der Waals surface area contributed by atoms with Crippen LogP contribution >= 0.6 is 0 Å². The van der Waals surface area contributed by atoms with Crippen LogP contribution in [0.5, 0.6) is 5.75 Å². The maximum atomic E-state index is 10.4. The summed E-state index contributed by atoms with van der Waals surface area (Å²) in [5, 5.41) is 15.8. The minimum absolute atomic E-state index is 0.111. The predicted molar refractivity (Wildman–Crippen MR) is 81.4 cm³/mol. The Hall–Kier alpha value is -1.80. The van der Waals surface area contributed by atoms with E-state index in [0.29, 0.717) is 11.8 Å². The van der Waals surface area contributed by atoms with Gasteiger partial charge in [0.05, 0.1) is 0 Å². The number of fused-ring (bicyclic) bond motifs is 1. The highest BCUT2D eigenvalue weighted by Crippen LogP contribution is 2.32. The second-order valence-electron chi connectivity index (χ2n) is 5.04. The summed E-state index contributed by atoms with van der Waals surface area (Å²) in [5.74, 6) is 0.379. The number of hydrogen-bond donors (Lipinski definition) is 2. The third kappa shape index (κ3) is 2.96. The highest BCUT2D eigenvalue weighted by Gasteiger charge is 2.14. The first-order valence-corrected chi connectivity index (χ1v) is 6.71. The molecule has 0 amide bonds. The zero-order valence-electron chi connectivity index (χ0n) is 11.6. The molecule has 0 bridgehead atoms. The summed E-state index contributed by atoms with van der Waals surface area (Å²) in [6.45, 7) is 7.94. The third-order valence-corrected chi connectivity index (χ3v) is 3.45. The van der Waals surface area contributed by atoms with E-state index in [-0.39, 0.29) is 6.04 Å². The van der Waals surface area contributed by atoms with Crippen molar-refractivity contribution in [3.05, 3.63) is 54.6 Å². The molecule has 2 aromatic rings. The number of benzene rings is 2. The van der Waals surface area contributed by atoms with E-state index in [1.54, 1.807) is 0 Å². The van der Waals surface area contributed by atoms with Gasteiger partial charge >= 0.3 is 0 Å². The van der Waals surface area contributed by atoms with Gasteiger partial charge in [-0.25, -0.2) is 0 Å². The zero-order valence-corrected chi connectivity index (χ0v) is 11.6. The van der Waals surface area contributed by atoms with Crippen molar-refractivity contribution in [1.82, 2.24) is 5.32 Å². The first-order valence-electron chi connectivity index (χ1n) is 6.71. The Balaban J connectivity index is 2.29. The van der Waals surface area contributed by atoms with Crippen LogP contribution in [-0.4, -0.2) is 11.1 Å². The lowest BCUT2D eigenvalue weighted by molar-refractivity contribution is 0.439. The van der Waals surface area contributed by atoms with Gasteiger partial charge in [0.25, 0.3) is 0 Å². The molecule has 0 saturated heterocycles. The van der Waals surface area contributed by atoms with Crippen LogP contribution < -0.4 is 5.32 Å². The quantitative estimate of drug-likeness (QED) is 0.786. The van der Waals surface area contributed by atoms with Gasteiger partial charge in [-0.1, -0.05) is 42.5 Å². The monoisotopic (exact) mass is 255 g/mol. The zero-order chi connectivity index (χ0) is 13.8. The fraction of sp³-hybridized carbons (Fsp3) is 0.294. The van der Waals surface area contributed by atoms with Gasteiger partial charge in [0, 0.05) is 23.0 Å². The average molecular weight is 255 g/mol. The standard InChI is InChI=1S/C17H21NO/c1-4-7-12(2)18-13(3)15-11-10-14-8-5-6-9-16(14)17(15)19/h4-6,8-13,18-19H,1,7H2,2-3H3. The van der Waals surface area contributed by atoms with Gasteiger partial charge in [0.15, 0.2) is 0 Å². The lowest BCUT2D eigenvalue weighted by Gasteiger charge is -2.21. The van der Waals surface area contributed by atoms with Crippen molar-refractivity contribution in [2.24, 2.45) is 0 Å². The summed E-state index contributed by atoms with van der Waals surface area (Å²) < 4.78 is 0. The molecule has 2 nitrogen and oxygen atoms in total. The molecule has 2 unspecified atom stereocenters. The van der Waals surface area contributed by atoms with E-state index < -0.39 is 0 Å². The first-order chi connectivity index (χ1) is 9.13. The van der Waals surface area contributed by atoms with E-state index >= 15 is 0 Å². The van der Waals surface area contributed by atoms with Crippen LogP contribution in [0.25, 0.3) is 10.8 Å². The molecule has 0 spiro atoms. The molecule has 2 heteroatoms. The summed E-state index contributed by atoms with van der Waals surface area (Å²) in [4.78, 5) is 0. The molecule has 19 heavy (non-hydrogen) atoms. The molecular weight excluding hydrogens is 234 g/mol. The van der Waals surface area contributed by atoms with Crippen LogP contribution in [0.2, 0.25) is 0 Å². The summed E-state index contributed by atoms with van der Waals surface area (Å²) >= 11 is 0. The first kappa shape index (κ1) is 13.6. The van der Waals surface area contributed by atoms with Crippen LogP contribution in [0, 0.1) is 0 Å². The molecule has 0 saturated carbocycles. The maximum Gasteiger partial charge on any atom is 0.128 e.